The smallest absolute Gasteiger partial charge is 0.228 e. The zero-order valence-corrected chi connectivity index (χ0v) is 18.7. The highest BCUT2D eigenvalue weighted by molar-refractivity contribution is 7.13. The Hall–Kier alpha value is -2.67. The molecule has 0 radical (unpaired) electrons. The molecule has 2 aliphatic rings. The van der Waals surface area contributed by atoms with Crippen molar-refractivity contribution < 1.29 is 14.4 Å². The number of amides is 3. The first-order valence-electron chi connectivity index (χ1n) is 10.9. The van der Waals surface area contributed by atoms with Gasteiger partial charge in [-0.2, -0.15) is 0 Å². The minimum absolute atomic E-state index is 0.0267. The van der Waals surface area contributed by atoms with Crippen LogP contribution in [0.2, 0.25) is 0 Å². The lowest BCUT2D eigenvalue weighted by Crippen LogP contribution is -2.54. The second-order valence-corrected chi connectivity index (χ2v) is 9.60. The van der Waals surface area contributed by atoms with Crippen LogP contribution < -0.4 is 5.73 Å². The van der Waals surface area contributed by atoms with E-state index in [1.54, 1.807) is 21.1 Å². The molecule has 1 aromatic carbocycles. The summed E-state index contributed by atoms with van der Waals surface area (Å²) in [4.78, 5) is 42.7. The van der Waals surface area contributed by atoms with E-state index in [0.29, 0.717) is 39.0 Å². The van der Waals surface area contributed by atoms with Crippen LogP contribution in [0.5, 0.6) is 0 Å². The van der Waals surface area contributed by atoms with Crippen LogP contribution in [-0.2, 0) is 20.8 Å². The van der Waals surface area contributed by atoms with E-state index in [1.807, 2.05) is 30.5 Å². The third-order valence-electron chi connectivity index (χ3n) is 6.69. The van der Waals surface area contributed by atoms with Crippen molar-refractivity contribution in [1.82, 2.24) is 9.80 Å². The second kappa shape index (κ2) is 8.83. The Kier molecular flexibility index (Phi) is 6.14. The maximum absolute atomic E-state index is 13.2. The van der Waals surface area contributed by atoms with Crippen LogP contribution in [0.3, 0.4) is 0 Å². The molecular weight excluding hydrogens is 410 g/mol. The lowest BCUT2D eigenvalue weighted by molar-refractivity contribution is -0.143. The van der Waals surface area contributed by atoms with Gasteiger partial charge in [0.15, 0.2) is 0 Å². The van der Waals surface area contributed by atoms with Crippen LogP contribution in [0.15, 0.2) is 41.8 Å². The lowest BCUT2D eigenvalue weighted by atomic mass is 9.73. The molecule has 3 heterocycles. The van der Waals surface area contributed by atoms with Crippen LogP contribution in [0.1, 0.15) is 31.7 Å². The van der Waals surface area contributed by atoms with Gasteiger partial charge in [0.05, 0.1) is 11.3 Å². The summed E-state index contributed by atoms with van der Waals surface area (Å²) < 4.78 is 0. The van der Waals surface area contributed by atoms with E-state index in [-0.39, 0.29) is 30.1 Å². The minimum Gasteiger partial charge on any atom is -0.369 e. The summed E-state index contributed by atoms with van der Waals surface area (Å²) in [6, 6.07) is 12.2. The summed E-state index contributed by atoms with van der Waals surface area (Å²) in [6.45, 7) is 3.94. The Balaban J connectivity index is 1.57. The fourth-order valence-electron chi connectivity index (χ4n) is 4.96. The molecule has 164 valence electrons. The van der Waals surface area contributed by atoms with E-state index >= 15 is 0 Å². The van der Waals surface area contributed by atoms with Gasteiger partial charge in [-0.05, 0) is 48.8 Å². The maximum Gasteiger partial charge on any atom is 0.228 e. The van der Waals surface area contributed by atoms with Gasteiger partial charge in [-0.25, -0.2) is 0 Å². The van der Waals surface area contributed by atoms with Gasteiger partial charge in [0, 0.05) is 37.5 Å². The number of primary amides is 1. The molecular formula is C24H29N3O3S. The highest BCUT2D eigenvalue weighted by Gasteiger charge is 2.45. The molecule has 0 aliphatic carbocycles. The molecule has 31 heavy (non-hydrogen) atoms. The van der Waals surface area contributed by atoms with Crippen molar-refractivity contribution in [2.45, 2.75) is 32.6 Å². The highest BCUT2D eigenvalue weighted by atomic mass is 32.1. The van der Waals surface area contributed by atoms with Crippen molar-refractivity contribution in [3.63, 3.8) is 0 Å². The average molecular weight is 440 g/mol. The number of hydrogen-bond donors (Lipinski definition) is 1. The number of likely N-dealkylation sites (tertiary alicyclic amines) is 2. The predicted octanol–water partition coefficient (Wildman–Crippen LogP) is 2.92. The highest BCUT2D eigenvalue weighted by Crippen LogP contribution is 2.38. The van der Waals surface area contributed by atoms with Gasteiger partial charge in [0.1, 0.15) is 0 Å². The number of nitrogens with two attached hydrogens (primary N) is 1. The van der Waals surface area contributed by atoms with Gasteiger partial charge in [0.2, 0.25) is 17.7 Å². The van der Waals surface area contributed by atoms with Crippen molar-refractivity contribution in [3.8, 4) is 10.4 Å². The predicted molar refractivity (Wildman–Crippen MR) is 121 cm³/mol. The van der Waals surface area contributed by atoms with Crippen LogP contribution in [0, 0.1) is 11.3 Å². The van der Waals surface area contributed by atoms with Crippen LogP contribution in [0.25, 0.3) is 10.4 Å². The fourth-order valence-corrected chi connectivity index (χ4v) is 5.75. The van der Waals surface area contributed by atoms with E-state index in [4.69, 9.17) is 5.73 Å². The second-order valence-electron chi connectivity index (χ2n) is 8.65. The standard InChI is InChI=1S/C24H29N3O3S/c1-2-26-15-18(13-21(26)28)22(29)27-11-6-10-24(16-27,23(25)30)14-17-7-3-4-8-19(17)20-9-5-12-31-20/h3-5,7-9,12,18H,2,6,10-11,13-16H2,1H3,(H2,25,30)/t18-,24+/m1/s1. The first kappa shape index (κ1) is 21.6. The molecule has 2 N–H and O–H groups in total. The Labute approximate surface area is 187 Å². The van der Waals surface area contributed by atoms with Crippen LogP contribution >= 0.6 is 11.3 Å². The molecule has 3 amide bonds. The zero-order valence-electron chi connectivity index (χ0n) is 17.9. The zero-order chi connectivity index (χ0) is 22.0. The van der Waals surface area contributed by atoms with Gasteiger partial charge in [-0.3, -0.25) is 14.4 Å². The molecule has 0 saturated carbocycles. The molecule has 0 spiro atoms. The van der Waals surface area contributed by atoms with E-state index in [1.165, 1.54) is 0 Å². The Morgan fingerprint density at radius 2 is 2.03 bits per heavy atom. The van der Waals surface area contributed by atoms with Crippen LogP contribution in [-0.4, -0.2) is 53.7 Å². The Bertz CT molecular complexity index is 974. The van der Waals surface area contributed by atoms with Gasteiger partial charge in [-0.15, -0.1) is 11.3 Å². The molecule has 2 aliphatic heterocycles. The van der Waals surface area contributed by atoms with Crippen LogP contribution in [0.4, 0.5) is 0 Å². The molecule has 0 bridgehead atoms. The normalized spacial score (nSPS) is 23.9. The minimum atomic E-state index is -0.797. The number of hydrogen-bond acceptors (Lipinski definition) is 4. The van der Waals surface area contributed by atoms with Gasteiger partial charge in [-0.1, -0.05) is 30.3 Å². The van der Waals surface area contributed by atoms with E-state index < -0.39 is 5.41 Å². The van der Waals surface area contributed by atoms with Crippen molar-refractivity contribution in [2.24, 2.45) is 17.1 Å². The van der Waals surface area contributed by atoms with Crippen molar-refractivity contribution in [2.75, 3.05) is 26.2 Å². The van der Waals surface area contributed by atoms with Gasteiger partial charge in [0.25, 0.3) is 0 Å². The first-order valence-corrected chi connectivity index (χ1v) is 11.8. The Morgan fingerprint density at radius 1 is 1.23 bits per heavy atom. The molecule has 4 rings (SSSR count). The summed E-state index contributed by atoms with van der Waals surface area (Å²) in [5.41, 5.74) is 7.35. The molecule has 1 aromatic heterocycles. The first-order chi connectivity index (χ1) is 14.9. The van der Waals surface area contributed by atoms with E-state index in [0.717, 1.165) is 22.4 Å². The number of thiophene rings is 1. The topological polar surface area (TPSA) is 83.7 Å². The molecule has 7 heteroatoms. The third-order valence-corrected chi connectivity index (χ3v) is 7.59. The maximum atomic E-state index is 13.2. The van der Waals surface area contributed by atoms with Gasteiger partial charge >= 0.3 is 0 Å². The number of rotatable bonds is 6. The molecule has 2 aromatic rings. The third kappa shape index (κ3) is 4.24. The van der Waals surface area contributed by atoms with Crippen molar-refractivity contribution >= 4 is 29.1 Å². The average Bonchev–Trinajstić information content (AvgIpc) is 3.43. The number of nitrogens with zero attached hydrogens (tertiary/aromatic N) is 2. The molecule has 2 saturated heterocycles. The quantitative estimate of drug-likeness (QED) is 0.751. The SMILES string of the molecule is CCN1C[C@H](C(=O)N2CCC[C@@](Cc3ccccc3-c3cccs3)(C(N)=O)C2)CC1=O. The van der Waals surface area contributed by atoms with E-state index in [9.17, 15) is 14.4 Å². The Morgan fingerprint density at radius 3 is 2.71 bits per heavy atom. The van der Waals surface area contributed by atoms with E-state index in [2.05, 4.69) is 18.2 Å². The molecule has 6 nitrogen and oxygen atoms in total. The molecule has 2 fully saturated rings. The number of carbonyl (C=O) groups excluding carboxylic acids is 3. The number of carbonyl (C=O) groups is 3. The summed E-state index contributed by atoms with van der Waals surface area (Å²) >= 11 is 1.67. The summed E-state index contributed by atoms with van der Waals surface area (Å²) in [5, 5.41) is 2.04. The van der Waals surface area contributed by atoms with Crippen molar-refractivity contribution in [3.05, 3.63) is 47.3 Å². The number of piperidine rings is 1. The largest absolute Gasteiger partial charge is 0.369 e. The monoisotopic (exact) mass is 439 g/mol. The van der Waals surface area contributed by atoms with Gasteiger partial charge < -0.3 is 15.5 Å². The molecule has 0 unspecified atom stereocenters. The number of benzene rings is 1. The summed E-state index contributed by atoms with van der Waals surface area (Å²) in [6.07, 6.45) is 2.16. The fraction of sp³-hybridized carbons (Fsp3) is 0.458. The molecule has 2 atom stereocenters. The summed E-state index contributed by atoms with van der Waals surface area (Å²) in [5.74, 6) is -0.678. The van der Waals surface area contributed by atoms with Crippen molar-refractivity contribution in [1.29, 1.82) is 0 Å². The summed E-state index contributed by atoms with van der Waals surface area (Å²) in [7, 11) is 0. The lowest BCUT2D eigenvalue weighted by Gasteiger charge is -2.42.